The van der Waals surface area contributed by atoms with Crippen molar-refractivity contribution in [3.63, 3.8) is 0 Å². The maximum Gasteiger partial charge on any atom is 0.252 e. The van der Waals surface area contributed by atoms with Gasteiger partial charge in [-0.1, -0.05) is 13.8 Å². The van der Waals surface area contributed by atoms with Crippen molar-refractivity contribution in [2.45, 2.75) is 30.9 Å². The fourth-order valence-electron chi connectivity index (χ4n) is 1.51. The van der Waals surface area contributed by atoms with Crippen LogP contribution in [0.15, 0.2) is 16.3 Å². The number of thiophene rings is 1. The van der Waals surface area contributed by atoms with Crippen molar-refractivity contribution in [3.8, 4) is 0 Å². The van der Waals surface area contributed by atoms with Crippen molar-refractivity contribution in [2.24, 2.45) is 0 Å². The highest BCUT2D eigenvalue weighted by Gasteiger charge is 2.24. The molecule has 0 spiro atoms. The zero-order valence-electron chi connectivity index (χ0n) is 10.2. The lowest BCUT2D eigenvalue weighted by molar-refractivity contribution is 0.271. The summed E-state index contributed by atoms with van der Waals surface area (Å²) in [5.74, 6) is 0. The van der Waals surface area contributed by atoms with Crippen LogP contribution in [0.1, 0.15) is 25.1 Å². The summed E-state index contributed by atoms with van der Waals surface area (Å²) >= 11 is 1.32. The van der Waals surface area contributed by atoms with Gasteiger partial charge in [-0.2, -0.15) is 4.31 Å². The van der Waals surface area contributed by atoms with E-state index in [1.54, 1.807) is 6.07 Å². The van der Waals surface area contributed by atoms with E-state index in [9.17, 15) is 8.42 Å². The zero-order chi connectivity index (χ0) is 12.9. The molecule has 0 atom stereocenters. The maximum atomic E-state index is 12.3. The number of aryl methyl sites for hydroxylation is 1. The zero-order valence-corrected chi connectivity index (χ0v) is 11.9. The van der Waals surface area contributed by atoms with Crippen molar-refractivity contribution in [3.05, 3.63) is 17.0 Å². The minimum absolute atomic E-state index is 0.0106. The Morgan fingerprint density at radius 2 is 2.06 bits per heavy atom. The van der Waals surface area contributed by atoms with Crippen LogP contribution in [0, 0.1) is 0 Å². The van der Waals surface area contributed by atoms with Gasteiger partial charge in [0.05, 0.1) is 0 Å². The highest BCUT2D eigenvalue weighted by Crippen LogP contribution is 2.25. The fraction of sp³-hybridized carbons (Fsp3) is 0.636. The summed E-state index contributed by atoms with van der Waals surface area (Å²) in [7, 11) is -3.37. The van der Waals surface area contributed by atoms with Gasteiger partial charge >= 0.3 is 0 Å². The minimum Gasteiger partial charge on any atom is -0.396 e. The van der Waals surface area contributed by atoms with Gasteiger partial charge in [0, 0.05) is 24.6 Å². The third kappa shape index (κ3) is 3.51. The molecule has 98 valence electrons. The van der Waals surface area contributed by atoms with E-state index in [0.717, 1.165) is 11.3 Å². The molecule has 0 radical (unpaired) electrons. The van der Waals surface area contributed by atoms with Gasteiger partial charge in [0.1, 0.15) is 4.21 Å². The lowest BCUT2D eigenvalue weighted by Crippen LogP contribution is -2.31. The van der Waals surface area contributed by atoms with Crippen LogP contribution in [0.2, 0.25) is 0 Å². The van der Waals surface area contributed by atoms with Gasteiger partial charge in [-0.05, 0) is 25.0 Å². The van der Waals surface area contributed by atoms with Gasteiger partial charge in [-0.25, -0.2) is 8.42 Å². The third-order valence-corrected chi connectivity index (χ3v) is 6.17. The van der Waals surface area contributed by atoms with Crippen molar-refractivity contribution >= 4 is 21.4 Å². The molecule has 1 rings (SSSR count). The molecule has 0 bridgehead atoms. The number of hydrogen-bond acceptors (Lipinski definition) is 4. The van der Waals surface area contributed by atoms with E-state index < -0.39 is 10.0 Å². The first kappa shape index (κ1) is 14.6. The van der Waals surface area contributed by atoms with Crippen molar-refractivity contribution in [1.29, 1.82) is 0 Å². The highest BCUT2D eigenvalue weighted by molar-refractivity contribution is 7.91. The van der Waals surface area contributed by atoms with Crippen LogP contribution < -0.4 is 0 Å². The van der Waals surface area contributed by atoms with E-state index in [2.05, 4.69) is 0 Å². The summed E-state index contributed by atoms with van der Waals surface area (Å²) in [4.78, 5) is 1.07. The van der Waals surface area contributed by atoms with Gasteiger partial charge in [-0.15, -0.1) is 11.3 Å². The average molecular weight is 277 g/mol. The Morgan fingerprint density at radius 1 is 1.35 bits per heavy atom. The molecular formula is C11H19NO3S2. The summed E-state index contributed by atoms with van der Waals surface area (Å²) in [6.45, 7) is 4.63. The standard InChI is InChI=1S/C11H19NO3S2/c1-3-10-6-7-11(16-10)17(14,15)12(4-2)8-5-9-13/h6-7,13H,3-5,8-9H2,1-2H3. The Morgan fingerprint density at radius 3 is 2.53 bits per heavy atom. The Bertz CT molecular complexity index is 439. The second kappa shape index (κ2) is 6.49. The third-order valence-electron chi connectivity index (χ3n) is 2.50. The second-order valence-electron chi connectivity index (χ2n) is 3.65. The molecule has 0 aliphatic heterocycles. The first-order valence-electron chi connectivity index (χ1n) is 5.76. The first-order valence-corrected chi connectivity index (χ1v) is 8.01. The second-order valence-corrected chi connectivity index (χ2v) is 6.98. The minimum atomic E-state index is -3.37. The predicted octanol–water partition coefficient (Wildman–Crippen LogP) is 1.70. The van der Waals surface area contributed by atoms with Gasteiger partial charge in [0.15, 0.2) is 0 Å². The van der Waals surface area contributed by atoms with Crippen molar-refractivity contribution in [2.75, 3.05) is 19.7 Å². The molecule has 1 N–H and O–H groups in total. The molecule has 1 aromatic rings. The van der Waals surface area contributed by atoms with Crippen LogP contribution >= 0.6 is 11.3 Å². The Balaban J connectivity index is 2.91. The molecule has 0 saturated heterocycles. The monoisotopic (exact) mass is 277 g/mol. The van der Waals surface area contributed by atoms with Crippen LogP contribution in [0.3, 0.4) is 0 Å². The molecule has 0 unspecified atom stereocenters. The number of hydrogen-bond donors (Lipinski definition) is 1. The fourth-order valence-corrected chi connectivity index (χ4v) is 4.45. The Kier molecular flexibility index (Phi) is 5.58. The molecule has 6 heteroatoms. The van der Waals surface area contributed by atoms with E-state index in [-0.39, 0.29) is 6.61 Å². The molecule has 0 aromatic carbocycles. The normalized spacial score (nSPS) is 12.2. The van der Waals surface area contributed by atoms with Gasteiger partial charge < -0.3 is 5.11 Å². The van der Waals surface area contributed by atoms with E-state index >= 15 is 0 Å². The largest absolute Gasteiger partial charge is 0.396 e. The Hall–Kier alpha value is -0.430. The number of aliphatic hydroxyl groups excluding tert-OH is 1. The van der Waals surface area contributed by atoms with Crippen molar-refractivity contribution < 1.29 is 13.5 Å². The lowest BCUT2D eigenvalue weighted by atomic mass is 10.4. The summed E-state index contributed by atoms with van der Waals surface area (Å²) < 4.78 is 26.3. The summed E-state index contributed by atoms with van der Waals surface area (Å²) in [5, 5.41) is 8.77. The SMILES string of the molecule is CCc1ccc(S(=O)(=O)N(CC)CCCO)s1. The molecule has 0 aliphatic rings. The summed E-state index contributed by atoms with van der Waals surface area (Å²) in [6, 6.07) is 3.53. The van der Waals surface area contributed by atoms with E-state index in [1.165, 1.54) is 15.6 Å². The first-order chi connectivity index (χ1) is 8.06. The summed E-state index contributed by atoms with van der Waals surface area (Å²) in [6.07, 6.45) is 1.32. The number of sulfonamides is 1. The Labute approximate surface area is 107 Å². The van der Waals surface area contributed by atoms with E-state index in [4.69, 9.17) is 5.11 Å². The predicted molar refractivity (Wildman–Crippen MR) is 69.8 cm³/mol. The molecule has 17 heavy (non-hydrogen) atoms. The molecule has 1 aromatic heterocycles. The van der Waals surface area contributed by atoms with Gasteiger partial charge in [-0.3, -0.25) is 0 Å². The van der Waals surface area contributed by atoms with Gasteiger partial charge in [0.25, 0.3) is 10.0 Å². The quantitative estimate of drug-likeness (QED) is 0.825. The lowest BCUT2D eigenvalue weighted by Gasteiger charge is -2.18. The highest BCUT2D eigenvalue weighted by atomic mass is 32.2. The van der Waals surface area contributed by atoms with Gasteiger partial charge in [0.2, 0.25) is 0 Å². The van der Waals surface area contributed by atoms with Crippen LogP contribution in [0.5, 0.6) is 0 Å². The molecule has 0 fully saturated rings. The van der Waals surface area contributed by atoms with Crippen LogP contribution in [0.4, 0.5) is 0 Å². The molecule has 0 saturated carbocycles. The van der Waals surface area contributed by atoms with Crippen LogP contribution in [-0.4, -0.2) is 37.5 Å². The average Bonchev–Trinajstić information content (AvgIpc) is 2.79. The van der Waals surface area contributed by atoms with Crippen LogP contribution in [-0.2, 0) is 16.4 Å². The van der Waals surface area contributed by atoms with E-state index in [0.29, 0.717) is 23.7 Å². The van der Waals surface area contributed by atoms with Crippen molar-refractivity contribution in [1.82, 2.24) is 4.31 Å². The molecule has 4 nitrogen and oxygen atoms in total. The number of rotatable bonds is 7. The van der Waals surface area contributed by atoms with Crippen LogP contribution in [0.25, 0.3) is 0 Å². The van der Waals surface area contributed by atoms with E-state index in [1.807, 2.05) is 19.9 Å². The summed E-state index contributed by atoms with van der Waals surface area (Å²) in [5.41, 5.74) is 0. The number of aliphatic hydroxyl groups is 1. The smallest absolute Gasteiger partial charge is 0.252 e. The molecular weight excluding hydrogens is 258 g/mol. The molecule has 1 heterocycles. The maximum absolute atomic E-state index is 12.3. The molecule has 0 aliphatic carbocycles. The molecule has 0 amide bonds. The topological polar surface area (TPSA) is 57.6 Å². The number of nitrogens with zero attached hydrogens (tertiary/aromatic N) is 1.